The van der Waals surface area contributed by atoms with Crippen molar-refractivity contribution in [1.29, 1.82) is 0 Å². The van der Waals surface area contributed by atoms with Gasteiger partial charge in [0.25, 0.3) is 0 Å². The summed E-state index contributed by atoms with van der Waals surface area (Å²) in [4.78, 5) is 12.4. The van der Waals surface area contributed by atoms with Gasteiger partial charge in [0.2, 0.25) is 0 Å². The molecule has 2 saturated heterocycles. The molecule has 0 radical (unpaired) electrons. The van der Waals surface area contributed by atoms with E-state index in [1.807, 2.05) is 12.6 Å². The fraction of sp³-hybridized carbons (Fsp3) is 0.714. The molecule has 5 nitrogen and oxygen atoms in total. The van der Waals surface area contributed by atoms with Crippen LogP contribution in [0.1, 0.15) is 23.4 Å². The smallest absolute Gasteiger partial charge is 0.193 e. The van der Waals surface area contributed by atoms with Gasteiger partial charge in [-0.25, -0.2) is 4.98 Å². The van der Waals surface area contributed by atoms with Gasteiger partial charge in [-0.15, -0.1) is 35.3 Å². The summed E-state index contributed by atoms with van der Waals surface area (Å²) < 4.78 is 5.59. The van der Waals surface area contributed by atoms with Crippen molar-refractivity contribution in [2.45, 2.75) is 26.3 Å². The highest BCUT2D eigenvalue weighted by molar-refractivity contribution is 14.0. The molecule has 118 valence electrons. The molecule has 2 fully saturated rings. The Hall–Kier alpha value is -0.410. The predicted octanol–water partition coefficient (Wildman–Crippen LogP) is 2.26. The van der Waals surface area contributed by atoms with Gasteiger partial charge in [0.05, 0.1) is 24.4 Å². The Morgan fingerprint density at radius 1 is 1.57 bits per heavy atom. The minimum absolute atomic E-state index is 0. The molecule has 1 spiro atoms. The summed E-state index contributed by atoms with van der Waals surface area (Å²) in [7, 11) is 1.86. The quantitative estimate of drug-likeness (QED) is 0.452. The molecule has 2 aliphatic heterocycles. The molecule has 7 heteroatoms. The third-order valence-corrected chi connectivity index (χ3v) is 5.32. The van der Waals surface area contributed by atoms with Crippen molar-refractivity contribution < 1.29 is 4.74 Å². The molecule has 0 amide bonds. The number of halogens is 1. The SMILES string of the molecule is CN=C(NCc1scnc1C)N1CCC2(CCOC2)C1.I. The number of ether oxygens (including phenoxy) is 1. The number of aryl methyl sites for hydroxylation is 1. The summed E-state index contributed by atoms with van der Waals surface area (Å²) in [6.45, 7) is 6.83. The van der Waals surface area contributed by atoms with Crippen molar-refractivity contribution in [3.8, 4) is 0 Å². The topological polar surface area (TPSA) is 49.8 Å². The second-order valence-electron chi connectivity index (χ2n) is 5.74. The van der Waals surface area contributed by atoms with Gasteiger partial charge in [-0.3, -0.25) is 4.99 Å². The molecule has 2 aliphatic rings. The second kappa shape index (κ2) is 7.23. The maximum Gasteiger partial charge on any atom is 0.193 e. The third kappa shape index (κ3) is 3.68. The Balaban J connectivity index is 0.00000161. The number of aliphatic imine (C=N–C) groups is 1. The summed E-state index contributed by atoms with van der Waals surface area (Å²) in [5, 5.41) is 3.47. The van der Waals surface area contributed by atoms with Crippen LogP contribution in [0.15, 0.2) is 10.5 Å². The van der Waals surface area contributed by atoms with Gasteiger partial charge in [0, 0.05) is 37.0 Å². The van der Waals surface area contributed by atoms with Gasteiger partial charge in [-0.05, 0) is 19.8 Å². The highest BCUT2D eigenvalue weighted by Crippen LogP contribution is 2.38. The average molecular weight is 422 g/mol. The second-order valence-corrected chi connectivity index (χ2v) is 6.68. The Labute approximate surface area is 147 Å². The number of aromatic nitrogens is 1. The van der Waals surface area contributed by atoms with Crippen LogP contribution in [0, 0.1) is 12.3 Å². The highest BCUT2D eigenvalue weighted by atomic mass is 127. The Morgan fingerprint density at radius 3 is 3.05 bits per heavy atom. The van der Waals surface area contributed by atoms with Crippen LogP contribution in [0.4, 0.5) is 0 Å². The molecular formula is C14H23IN4OS. The zero-order valence-electron chi connectivity index (χ0n) is 12.6. The van der Waals surface area contributed by atoms with Crippen LogP contribution in [-0.4, -0.2) is 49.2 Å². The minimum Gasteiger partial charge on any atom is -0.381 e. The molecule has 0 aliphatic carbocycles. The van der Waals surface area contributed by atoms with Gasteiger partial charge in [-0.1, -0.05) is 0 Å². The summed E-state index contributed by atoms with van der Waals surface area (Å²) in [5.74, 6) is 1.00. The number of nitrogens with zero attached hydrogens (tertiary/aromatic N) is 3. The van der Waals surface area contributed by atoms with E-state index in [1.165, 1.54) is 17.7 Å². The monoisotopic (exact) mass is 422 g/mol. The van der Waals surface area contributed by atoms with Crippen LogP contribution in [0.25, 0.3) is 0 Å². The van der Waals surface area contributed by atoms with Gasteiger partial charge < -0.3 is 15.0 Å². The molecule has 3 heterocycles. The maximum atomic E-state index is 5.59. The van der Waals surface area contributed by atoms with E-state index in [4.69, 9.17) is 4.74 Å². The lowest BCUT2D eigenvalue weighted by atomic mass is 9.87. The fourth-order valence-electron chi connectivity index (χ4n) is 3.07. The van der Waals surface area contributed by atoms with Crippen molar-refractivity contribution >= 4 is 41.3 Å². The predicted molar refractivity (Wildman–Crippen MR) is 96.5 cm³/mol. The zero-order chi connectivity index (χ0) is 14.0. The lowest BCUT2D eigenvalue weighted by molar-refractivity contribution is 0.156. The van der Waals surface area contributed by atoms with E-state index in [9.17, 15) is 0 Å². The molecule has 0 saturated carbocycles. The van der Waals surface area contributed by atoms with E-state index in [-0.39, 0.29) is 24.0 Å². The van der Waals surface area contributed by atoms with Gasteiger partial charge in [-0.2, -0.15) is 0 Å². The van der Waals surface area contributed by atoms with Crippen LogP contribution in [0.5, 0.6) is 0 Å². The van der Waals surface area contributed by atoms with Crippen molar-refractivity contribution in [2.24, 2.45) is 10.4 Å². The van der Waals surface area contributed by atoms with E-state index in [1.54, 1.807) is 11.3 Å². The van der Waals surface area contributed by atoms with Crippen molar-refractivity contribution in [3.63, 3.8) is 0 Å². The number of guanidine groups is 1. The van der Waals surface area contributed by atoms with E-state index in [2.05, 4.69) is 27.1 Å². The maximum absolute atomic E-state index is 5.59. The summed E-state index contributed by atoms with van der Waals surface area (Å²) in [6.07, 6.45) is 2.40. The first-order valence-corrected chi connectivity index (χ1v) is 8.03. The van der Waals surface area contributed by atoms with Gasteiger partial charge in [0.15, 0.2) is 5.96 Å². The molecule has 1 atom stereocenters. The lowest BCUT2D eigenvalue weighted by Crippen LogP contribution is -2.41. The molecular weight excluding hydrogens is 399 g/mol. The third-order valence-electron chi connectivity index (χ3n) is 4.39. The molecule has 0 aromatic carbocycles. The van der Waals surface area contributed by atoms with Crippen molar-refractivity contribution in [2.75, 3.05) is 33.4 Å². The molecule has 3 rings (SSSR count). The molecule has 1 aromatic rings. The largest absolute Gasteiger partial charge is 0.381 e. The highest BCUT2D eigenvalue weighted by Gasteiger charge is 2.42. The van der Waals surface area contributed by atoms with Crippen LogP contribution in [0.2, 0.25) is 0 Å². The number of hydrogen-bond acceptors (Lipinski definition) is 4. The van der Waals surface area contributed by atoms with Crippen LogP contribution < -0.4 is 5.32 Å². The van der Waals surface area contributed by atoms with E-state index in [0.717, 1.165) is 44.5 Å². The van der Waals surface area contributed by atoms with E-state index in [0.29, 0.717) is 5.41 Å². The molecule has 1 N–H and O–H groups in total. The fourth-order valence-corrected chi connectivity index (χ4v) is 3.79. The molecule has 1 aromatic heterocycles. The normalized spacial score (nSPS) is 25.4. The first-order valence-electron chi connectivity index (χ1n) is 7.15. The Kier molecular flexibility index (Phi) is 5.84. The number of hydrogen-bond donors (Lipinski definition) is 1. The molecule has 0 bridgehead atoms. The standard InChI is InChI=1S/C14H22N4OS.HI/c1-11-12(20-10-17-11)7-16-13(15-2)18-5-3-14(8-18)4-6-19-9-14;/h10H,3-9H2,1-2H3,(H,15,16);1H. The van der Waals surface area contributed by atoms with Crippen molar-refractivity contribution in [1.82, 2.24) is 15.2 Å². The average Bonchev–Trinajstić information content (AvgIpc) is 3.16. The Bertz CT molecular complexity index is 499. The summed E-state index contributed by atoms with van der Waals surface area (Å²) >= 11 is 1.70. The number of rotatable bonds is 2. The summed E-state index contributed by atoms with van der Waals surface area (Å²) in [6, 6.07) is 0. The molecule has 21 heavy (non-hydrogen) atoms. The summed E-state index contributed by atoms with van der Waals surface area (Å²) in [5.41, 5.74) is 3.38. The Morgan fingerprint density at radius 2 is 2.43 bits per heavy atom. The zero-order valence-corrected chi connectivity index (χ0v) is 15.7. The van der Waals surface area contributed by atoms with E-state index >= 15 is 0 Å². The minimum atomic E-state index is 0. The van der Waals surface area contributed by atoms with Crippen LogP contribution in [0.3, 0.4) is 0 Å². The number of likely N-dealkylation sites (tertiary alicyclic amines) is 1. The van der Waals surface area contributed by atoms with Crippen LogP contribution >= 0.6 is 35.3 Å². The van der Waals surface area contributed by atoms with E-state index < -0.39 is 0 Å². The van der Waals surface area contributed by atoms with Crippen LogP contribution in [-0.2, 0) is 11.3 Å². The number of thiazole rings is 1. The van der Waals surface area contributed by atoms with Gasteiger partial charge in [0.1, 0.15) is 0 Å². The molecule has 1 unspecified atom stereocenters. The van der Waals surface area contributed by atoms with Gasteiger partial charge >= 0.3 is 0 Å². The van der Waals surface area contributed by atoms with Crippen molar-refractivity contribution in [3.05, 3.63) is 16.1 Å². The first kappa shape index (κ1) is 17.0. The number of nitrogens with one attached hydrogen (secondary N) is 1. The lowest BCUT2D eigenvalue weighted by Gasteiger charge is -2.24. The first-order chi connectivity index (χ1) is 9.72.